The van der Waals surface area contributed by atoms with E-state index in [2.05, 4.69) is 9.71 Å². The van der Waals surface area contributed by atoms with Crippen molar-refractivity contribution in [2.45, 2.75) is 23.6 Å². The number of sulfonamides is 1. The highest BCUT2D eigenvalue weighted by molar-refractivity contribution is 7.91. The molecule has 0 aliphatic carbocycles. The zero-order chi connectivity index (χ0) is 13.9. The van der Waals surface area contributed by atoms with Crippen molar-refractivity contribution in [1.29, 1.82) is 0 Å². The zero-order valence-corrected chi connectivity index (χ0v) is 12.7. The smallest absolute Gasteiger partial charge is 0.250 e. The molecule has 0 amide bonds. The summed E-state index contributed by atoms with van der Waals surface area (Å²) in [6.07, 6.45) is 2.12. The van der Waals surface area contributed by atoms with Gasteiger partial charge in [-0.15, -0.1) is 22.7 Å². The minimum Gasteiger partial charge on any atom is -0.396 e. The molecule has 0 spiro atoms. The summed E-state index contributed by atoms with van der Waals surface area (Å²) in [4.78, 5) is 4.94. The maximum atomic E-state index is 12.2. The highest BCUT2D eigenvalue weighted by Crippen LogP contribution is 2.24. The molecule has 5 nitrogen and oxygen atoms in total. The van der Waals surface area contributed by atoms with Crippen molar-refractivity contribution >= 4 is 32.7 Å². The number of hydrogen-bond donors (Lipinski definition) is 2. The third kappa shape index (κ3) is 3.61. The first-order valence-corrected chi connectivity index (χ1v) is 8.82. The summed E-state index contributed by atoms with van der Waals surface area (Å²) in [5.74, 6) is 0. The summed E-state index contributed by atoms with van der Waals surface area (Å²) in [6.45, 7) is 1.78. The molecule has 0 aromatic carbocycles. The van der Waals surface area contributed by atoms with Crippen LogP contribution in [-0.2, 0) is 16.4 Å². The molecule has 0 saturated carbocycles. The van der Waals surface area contributed by atoms with Crippen LogP contribution in [0.2, 0.25) is 0 Å². The molecule has 2 aromatic heterocycles. The van der Waals surface area contributed by atoms with Crippen molar-refractivity contribution in [3.8, 4) is 0 Å². The summed E-state index contributed by atoms with van der Waals surface area (Å²) in [6, 6.07) is 2.93. The Morgan fingerprint density at radius 3 is 2.89 bits per heavy atom. The molecular weight excluding hydrogens is 304 g/mol. The Morgan fingerprint density at radius 1 is 1.47 bits per heavy atom. The van der Waals surface area contributed by atoms with E-state index in [1.54, 1.807) is 25.3 Å². The van der Waals surface area contributed by atoms with Crippen LogP contribution >= 0.6 is 22.7 Å². The van der Waals surface area contributed by atoms with Gasteiger partial charge in [-0.25, -0.2) is 18.1 Å². The Hall–Kier alpha value is -0.800. The van der Waals surface area contributed by atoms with Crippen LogP contribution in [0.5, 0.6) is 0 Å². The number of aliphatic hydroxyl groups excluding tert-OH is 1. The van der Waals surface area contributed by atoms with Gasteiger partial charge in [0.1, 0.15) is 9.22 Å². The molecule has 8 heteroatoms. The molecule has 0 bridgehead atoms. The predicted molar refractivity (Wildman–Crippen MR) is 76.0 cm³/mol. The van der Waals surface area contributed by atoms with Gasteiger partial charge in [0.25, 0.3) is 10.0 Å². The highest BCUT2D eigenvalue weighted by Gasteiger charge is 2.21. The SMILES string of the molecule is CC(NS(=O)(=O)c1ccc(CCO)s1)c1nccs1. The molecule has 0 fully saturated rings. The van der Waals surface area contributed by atoms with E-state index in [0.29, 0.717) is 6.42 Å². The number of aliphatic hydroxyl groups is 1. The third-order valence-corrected chi connectivity index (χ3v) is 6.55. The second-order valence-corrected chi connectivity index (χ2v) is 7.94. The van der Waals surface area contributed by atoms with Crippen LogP contribution in [0.25, 0.3) is 0 Å². The number of thiophene rings is 1. The Morgan fingerprint density at radius 2 is 2.26 bits per heavy atom. The summed E-state index contributed by atoms with van der Waals surface area (Å²) in [7, 11) is -3.53. The minimum absolute atomic E-state index is 0.0168. The molecule has 19 heavy (non-hydrogen) atoms. The Kier molecular flexibility index (Phi) is 4.69. The molecular formula is C11H14N2O3S3. The number of thiazole rings is 1. The molecule has 0 aliphatic heterocycles. The van der Waals surface area contributed by atoms with E-state index in [1.807, 2.05) is 5.38 Å². The first-order chi connectivity index (χ1) is 9.03. The van der Waals surface area contributed by atoms with Gasteiger partial charge in [0.2, 0.25) is 0 Å². The summed E-state index contributed by atoms with van der Waals surface area (Å²) in [5.41, 5.74) is 0. The van der Waals surface area contributed by atoms with Crippen LogP contribution in [0, 0.1) is 0 Å². The van der Waals surface area contributed by atoms with E-state index in [4.69, 9.17) is 5.11 Å². The predicted octanol–water partition coefficient (Wildman–Crippen LogP) is 1.78. The van der Waals surface area contributed by atoms with Gasteiger partial charge in [-0.1, -0.05) is 0 Å². The lowest BCUT2D eigenvalue weighted by Crippen LogP contribution is -2.26. The second-order valence-electron chi connectivity index (χ2n) is 3.91. The standard InChI is InChI=1S/C11H14N2O3S3/c1-8(11-12-5-7-17-11)13-19(15,16)10-3-2-9(18-10)4-6-14/h2-3,5,7-8,13-14H,4,6H2,1H3. The summed E-state index contributed by atoms with van der Waals surface area (Å²) in [5, 5.41) is 11.4. The van der Waals surface area contributed by atoms with E-state index in [9.17, 15) is 8.42 Å². The van der Waals surface area contributed by atoms with Crippen LogP contribution in [0.1, 0.15) is 22.9 Å². The Labute approximate surface area is 120 Å². The molecule has 0 radical (unpaired) electrons. The third-order valence-electron chi connectivity index (χ3n) is 2.41. The van der Waals surface area contributed by atoms with Gasteiger partial charge in [-0.05, 0) is 19.1 Å². The Balaban J connectivity index is 2.13. The topological polar surface area (TPSA) is 79.3 Å². The maximum absolute atomic E-state index is 12.2. The minimum atomic E-state index is -3.53. The lowest BCUT2D eigenvalue weighted by molar-refractivity contribution is 0.300. The summed E-state index contributed by atoms with van der Waals surface area (Å²) < 4.78 is 27.2. The quantitative estimate of drug-likeness (QED) is 0.851. The van der Waals surface area contributed by atoms with Crippen molar-refractivity contribution in [2.24, 2.45) is 0 Å². The lowest BCUT2D eigenvalue weighted by Gasteiger charge is -2.10. The van der Waals surface area contributed by atoms with E-state index in [0.717, 1.165) is 9.88 Å². The molecule has 104 valence electrons. The van der Waals surface area contributed by atoms with Gasteiger partial charge in [-0.2, -0.15) is 0 Å². The first-order valence-electron chi connectivity index (χ1n) is 5.64. The molecule has 2 aromatic rings. The number of aromatic nitrogens is 1. The van der Waals surface area contributed by atoms with Gasteiger partial charge >= 0.3 is 0 Å². The Bertz CT molecular complexity index is 619. The van der Waals surface area contributed by atoms with Crippen LogP contribution < -0.4 is 4.72 Å². The fraction of sp³-hybridized carbons (Fsp3) is 0.364. The molecule has 1 unspecified atom stereocenters. The maximum Gasteiger partial charge on any atom is 0.250 e. The van der Waals surface area contributed by atoms with Crippen molar-refractivity contribution in [2.75, 3.05) is 6.61 Å². The van der Waals surface area contributed by atoms with Crippen LogP contribution in [0.15, 0.2) is 27.9 Å². The van der Waals surface area contributed by atoms with Crippen molar-refractivity contribution in [3.05, 3.63) is 33.6 Å². The molecule has 0 aliphatic rings. The van der Waals surface area contributed by atoms with Crippen LogP contribution in [0.4, 0.5) is 0 Å². The fourth-order valence-electron chi connectivity index (χ4n) is 1.54. The van der Waals surface area contributed by atoms with E-state index >= 15 is 0 Å². The van der Waals surface area contributed by atoms with Crippen molar-refractivity contribution < 1.29 is 13.5 Å². The second kappa shape index (κ2) is 6.10. The average molecular weight is 318 g/mol. The van der Waals surface area contributed by atoms with Crippen LogP contribution in [-0.4, -0.2) is 25.1 Å². The summed E-state index contributed by atoms with van der Waals surface area (Å²) >= 11 is 2.59. The lowest BCUT2D eigenvalue weighted by atomic mass is 10.4. The van der Waals surface area contributed by atoms with Gasteiger partial charge in [0, 0.05) is 29.5 Å². The number of hydrogen-bond acceptors (Lipinski definition) is 6. The van der Waals surface area contributed by atoms with E-state index < -0.39 is 10.0 Å². The highest BCUT2D eigenvalue weighted by atomic mass is 32.2. The first kappa shape index (κ1) is 14.6. The van der Waals surface area contributed by atoms with Crippen molar-refractivity contribution in [3.63, 3.8) is 0 Å². The fourth-order valence-corrected chi connectivity index (χ4v) is 4.83. The number of nitrogens with one attached hydrogen (secondary N) is 1. The molecule has 0 saturated heterocycles. The van der Waals surface area contributed by atoms with E-state index in [1.165, 1.54) is 22.7 Å². The monoisotopic (exact) mass is 318 g/mol. The molecule has 1 atom stereocenters. The number of rotatable bonds is 6. The van der Waals surface area contributed by atoms with Gasteiger partial charge in [0.15, 0.2) is 0 Å². The largest absolute Gasteiger partial charge is 0.396 e. The van der Waals surface area contributed by atoms with E-state index in [-0.39, 0.29) is 16.9 Å². The molecule has 2 heterocycles. The van der Waals surface area contributed by atoms with Gasteiger partial charge in [-0.3, -0.25) is 0 Å². The average Bonchev–Trinajstić information content (AvgIpc) is 2.99. The van der Waals surface area contributed by atoms with Gasteiger partial charge < -0.3 is 5.11 Å². The molecule has 2 N–H and O–H groups in total. The molecule has 2 rings (SSSR count). The van der Waals surface area contributed by atoms with Gasteiger partial charge in [0.05, 0.1) is 6.04 Å². The zero-order valence-electron chi connectivity index (χ0n) is 10.2. The normalized spacial score (nSPS) is 13.6. The van der Waals surface area contributed by atoms with Crippen molar-refractivity contribution in [1.82, 2.24) is 9.71 Å². The van der Waals surface area contributed by atoms with Crippen LogP contribution in [0.3, 0.4) is 0 Å². The number of nitrogens with zero attached hydrogens (tertiary/aromatic N) is 1.